The summed E-state index contributed by atoms with van der Waals surface area (Å²) in [6.45, 7) is 0.860. The zero-order valence-electron chi connectivity index (χ0n) is 8.07. The van der Waals surface area contributed by atoms with Gasteiger partial charge in [-0.1, -0.05) is 18.0 Å². The monoisotopic (exact) mass is 197 g/mol. The molecule has 1 saturated carbocycles. The summed E-state index contributed by atoms with van der Waals surface area (Å²) >= 11 is 0. The van der Waals surface area contributed by atoms with Crippen molar-refractivity contribution in [2.24, 2.45) is 10.8 Å². The van der Waals surface area contributed by atoms with Gasteiger partial charge in [0.25, 0.3) is 0 Å². The van der Waals surface area contributed by atoms with Crippen LogP contribution in [0.5, 0.6) is 0 Å². The molecule has 0 spiro atoms. The van der Waals surface area contributed by atoms with Crippen LogP contribution in [-0.2, 0) is 4.79 Å². The van der Waals surface area contributed by atoms with E-state index in [2.05, 4.69) is 15.3 Å². The summed E-state index contributed by atoms with van der Waals surface area (Å²) < 4.78 is 0. The van der Waals surface area contributed by atoms with Crippen LogP contribution in [0.25, 0.3) is 10.4 Å². The normalized spacial score (nSPS) is 18.9. The molecule has 1 fully saturated rings. The summed E-state index contributed by atoms with van der Waals surface area (Å²) in [6, 6.07) is 0. The van der Waals surface area contributed by atoms with Crippen molar-refractivity contribution in [1.29, 1.82) is 0 Å². The number of amides is 1. The molecule has 78 valence electrons. The molecule has 0 aromatic heterocycles. The zero-order chi connectivity index (χ0) is 10.4. The number of hydrogen-bond donors (Lipinski definition) is 2. The van der Waals surface area contributed by atoms with E-state index in [1.807, 2.05) is 0 Å². The van der Waals surface area contributed by atoms with Crippen LogP contribution >= 0.6 is 0 Å². The van der Waals surface area contributed by atoms with E-state index in [9.17, 15) is 4.79 Å². The van der Waals surface area contributed by atoms with E-state index in [-0.39, 0.29) is 5.91 Å². The van der Waals surface area contributed by atoms with Gasteiger partial charge >= 0.3 is 0 Å². The minimum absolute atomic E-state index is 0.295. The predicted molar refractivity (Wildman–Crippen MR) is 52.4 cm³/mol. The van der Waals surface area contributed by atoms with Gasteiger partial charge in [0.2, 0.25) is 5.91 Å². The Morgan fingerprint density at radius 1 is 1.57 bits per heavy atom. The van der Waals surface area contributed by atoms with Crippen molar-refractivity contribution in [3.8, 4) is 0 Å². The molecule has 0 aliphatic heterocycles. The first kappa shape index (κ1) is 10.8. The average molecular weight is 197 g/mol. The van der Waals surface area contributed by atoms with E-state index in [1.165, 1.54) is 0 Å². The van der Waals surface area contributed by atoms with Gasteiger partial charge < -0.3 is 11.1 Å². The van der Waals surface area contributed by atoms with Gasteiger partial charge in [0.05, 0.1) is 5.54 Å². The van der Waals surface area contributed by atoms with Crippen LogP contribution in [0.3, 0.4) is 0 Å². The Labute approximate surface area is 82.5 Å². The van der Waals surface area contributed by atoms with Crippen molar-refractivity contribution in [3.63, 3.8) is 0 Å². The Hall–Kier alpha value is -1.26. The zero-order valence-corrected chi connectivity index (χ0v) is 8.07. The lowest BCUT2D eigenvalue weighted by Gasteiger charge is -2.26. The number of carbonyl (C=O) groups is 1. The second-order valence-electron chi connectivity index (χ2n) is 3.53. The fraction of sp³-hybridized carbons (Fsp3) is 0.875. The third kappa shape index (κ3) is 2.37. The largest absolute Gasteiger partial charge is 0.368 e. The van der Waals surface area contributed by atoms with Gasteiger partial charge in [-0.05, 0) is 18.4 Å². The van der Waals surface area contributed by atoms with Gasteiger partial charge in [-0.25, -0.2) is 0 Å². The molecule has 0 aromatic carbocycles. The number of nitrogens with two attached hydrogens (primary N) is 1. The highest BCUT2D eigenvalue weighted by atomic mass is 16.1. The molecule has 3 N–H and O–H groups in total. The fourth-order valence-corrected chi connectivity index (χ4v) is 1.88. The first-order chi connectivity index (χ1) is 6.71. The van der Waals surface area contributed by atoms with Crippen LogP contribution in [0.4, 0.5) is 0 Å². The van der Waals surface area contributed by atoms with E-state index >= 15 is 0 Å². The molecule has 1 amide bonds. The molecule has 14 heavy (non-hydrogen) atoms. The van der Waals surface area contributed by atoms with E-state index < -0.39 is 5.54 Å². The SMILES string of the molecule is [N-]=[N+]=NCCNC1(C(N)=O)CCCC1. The molecule has 1 rings (SSSR count). The maximum absolute atomic E-state index is 11.2. The second kappa shape index (κ2) is 4.83. The van der Waals surface area contributed by atoms with E-state index in [1.54, 1.807) is 0 Å². The van der Waals surface area contributed by atoms with Crippen molar-refractivity contribution in [2.45, 2.75) is 31.2 Å². The summed E-state index contributed by atoms with van der Waals surface area (Å²) in [5.74, 6) is -0.295. The molecule has 0 aromatic rings. The number of primary amides is 1. The van der Waals surface area contributed by atoms with Crippen molar-refractivity contribution < 1.29 is 4.79 Å². The third-order valence-corrected chi connectivity index (χ3v) is 2.67. The smallest absolute Gasteiger partial charge is 0.237 e. The molecule has 6 heteroatoms. The van der Waals surface area contributed by atoms with Gasteiger partial charge in [-0.2, -0.15) is 0 Å². The Kier molecular flexibility index (Phi) is 3.73. The first-order valence-electron chi connectivity index (χ1n) is 4.77. The third-order valence-electron chi connectivity index (χ3n) is 2.67. The van der Waals surface area contributed by atoms with Crippen LogP contribution in [0, 0.1) is 0 Å². The predicted octanol–water partition coefficient (Wildman–Crippen LogP) is 0.684. The standard InChI is InChI=1S/C8H15N5O/c9-7(14)8(3-1-2-4-8)11-5-6-12-13-10/h11H,1-6H2,(H2,9,14). The van der Waals surface area contributed by atoms with Crippen LogP contribution in [0.15, 0.2) is 5.11 Å². The molecule has 1 aliphatic rings. The lowest BCUT2D eigenvalue weighted by molar-refractivity contribution is -0.124. The minimum atomic E-state index is -0.551. The fourth-order valence-electron chi connectivity index (χ4n) is 1.88. The number of rotatable bonds is 5. The average Bonchev–Trinajstić information content (AvgIpc) is 2.62. The van der Waals surface area contributed by atoms with Gasteiger partial charge in [0.15, 0.2) is 0 Å². The van der Waals surface area contributed by atoms with Gasteiger partial charge in [-0.3, -0.25) is 4.79 Å². The highest BCUT2D eigenvalue weighted by Gasteiger charge is 2.38. The number of hydrogen-bond acceptors (Lipinski definition) is 3. The summed E-state index contributed by atoms with van der Waals surface area (Å²) in [4.78, 5) is 13.9. The molecule has 0 heterocycles. The van der Waals surface area contributed by atoms with Crippen LogP contribution in [0.1, 0.15) is 25.7 Å². The molecular weight excluding hydrogens is 182 g/mol. The lowest BCUT2D eigenvalue weighted by Crippen LogP contribution is -2.54. The maximum atomic E-state index is 11.2. The quantitative estimate of drug-likeness (QED) is 0.293. The Morgan fingerprint density at radius 2 is 2.21 bits per heavy atom. The molecule has 0 unspecified atom stereocenters. The molecular formula is C8H15N5O. The summed E-state index contributed by atoms with van der Waals surface area (Å²) in [5.41, 5.74) is 12.9. The number of carbonyl (C=O) groups excluding carboxylic acids is 1. The van der Waals surface area contributed by atoms with Crippen molar-refractivity contribution >= 4 is 5.91 Å². The van der Waals surface area contributed by atoms with E-state index in [0.29, 0.717) is 13.1 Å². The Morgan fingerprint density at radius 3 is 2.71 bits per heavy atom. The molecule has 0 atom stereocenters. The summed E-state index contributed by atoms with van der Waals surface area (Å²) in [7, 11) is 0. The van der Waals surface area contributed by atoms with Crippen molar-refractivity contribution in [3.05, 3.63) is 10.4 Å². The number of azide groups is 1. The molecule has 0 bridgehead atoms. The van der Waals surface area contributed by atoms with E-state index in [0.717, 1.165) is 25.7 Å². The number of nitrogens with zero attached hydrogens (tertiary/aromatic N) is 3. The van der Waals surface area contributed by atoms with Gasteiger partial charge in [0, 0.05) is 18.0 Å². The first-order valence-corrected chi connectivity index (χ1v) is 4.77. The Bertz CT molecular complexity index is 252. The van der Waals surface area contributed by atoms with Crippen molar-refractivity contribution in [2.75, 3.05) is 13.1 Å². The highest BCUT2D eigenvalue weighted by Crippen LogP contribution is 2.28. The van der Waals surface area contributed by atoms with Crippen LogP contribution < -0.4 is 11.1 Å². The van der Waals surface area contributed by atoms with Crippen molar-refractivity contribution in [1.82, 2.24) is 5.32 Å². The van der Waals surface area contributed by atoms with Gasteiger partial charge in [-0.15, -0.1) is 0 Å². The molecule has 6 nitrogen and oxygen atoms in total. The second-order valence-corrected chi connectivity index (χ2v) is 3.53. The minimum Gasteiger partial charge on any atom is -0.368 e. The van der Waals surface area contributed by atoms with Crippen LogP contribution in [0.2, 0.25) is 0 Å². The summed E-state index contributed by atoms with van der Waals surface area (Å²) in [5, 5.41) is 6.48. The van der Waals surface area contributed by atoms with Crippen LogP contribution in [-0.4, -0.2) is 24.5 Å². The Balaban J connectivity index is 2.44. The molecule has 1 aliphatic carbocycles. The molecule has 0 radical (unpaired) electrons. The number of nitrogens with one attached hydrogen (secondary N) is 1. The lowest BCUT2D eigenvalue weighted by atomic mass is 9.97. The molecule has 0 saturated heterocycles. The topological polar surface area (TPSA) is 104 Å². The van der Waals surface area contributed by atoms with Gasteiger partial charge in [0.1, 0.15) is 0 Å². The maximum Gasteiger partial charge on any atom is 0.237 e. The highest BCUT2D eigenvalue weighted by molar-refractivity contribution is 5.85. The summed E-state index contributed by atoms with van der Waals surface area (Å²) in [6.07, 6.45) is 3.63. The van der Waals surface area contributed by atoms with E-state index in [4.69, 9.17) is 11.3 Å².